The zero-order valence-electron chi connectivity index (χ0n) is 12.2. The van der Waals surface area contributed by atoms with Crippen LogP contribution in [0.4, 0.5) is 0 Å². The second kappa shape index (κ2) is 7.03. The fourth-order valence-corrected chi connectivity index (χ4v) is 3.63. The van der Waals surface area contributed by atoms with E-state index in [2.05, 4.69) is 9.62 Å². The zero-order chi connectivity index (χ0) is 15.3. The summed E-state index contributed by atoms with van der Waals surface area (Å²) in [5.41, 5.74) is 0.454. The van der Waals surface area contributed by atoms with Crippen LogP contribution in [-0.2, 0) is 10.0 Å². The van der Waals surface area contributed by atoms with Gasteiger partial charge in [-0.15, -0.1) is 0 Å². The van der Waals surface area contributed by atoms with Crippen LogP contribution in [0.25, 0.3) is 0 Å². The number of sulfonamides is 1. The van der Waals surface area contributed by atoms with E-state index in [0.29, 0.717) is 12.1 Å². The van der Waals surface area contributed by atoms with Gasteiger partial charge in [0.05, 0.1) is 16.5 Å². The lowest BCUT2D eigenvalue weighted by Gasteiger charge is -2.32. The van der Waals surface area contributed by atoms with Gasteiger partial charge in [-0.1, -0.05) is 6.42 Å². The third kappa shape index (κ3) is 4.27. The Kier molecular flexibility index (Phi) is 5.34. The molecule has 5 nitrogen and oxygen atoms in total. The van der Waals surface area contributed by atoms with Gasteiger partial charge in [-0.05, 0) is 57.1 Å². The predicted octanol–water partition coefficient (Wildman–Crippen LogP) is 1.71. The lowest BCUT2D eigenvalue weighted by atomic mass is 10.1. The van der Waals surface area contributed by atoms with E-state index < -0.39 is 10.0 Å². The number of likely N-dealkylation sites (tertiary alicyclic amines) is 1. The van der Waals surface area contributed by atoms with E-state index in [1.165, 1.54) is 43.5 Å². The van der Waals surface area contributed by atoms with Crippen molar-refractivity contribution >= 4 is 10.0 Å². The molecular weight excluding hydrogens is 286 g/mol. The van der Waals surface area contributed by atoms with Crippen LogP contribution in [-0.4, -0.2) is 39.0 Å². The molecule has 1 aromatic carbocycles. The van der Waals surface area contributed by atoms with E-state index in [1.54, 1.807) is 0 Å². The van der Waals surface area contributed by atoms with Crippen molar-refractivity contribution in [3.05, 3.63) is 29.8 Å². The molecule has 0 bridgehead atoms. The predicted molar refractivity (Wildman–Crippen MR) is 81.2 cm³/mol. The highest BCUT2D eigenvalue weighted by Gasteiger charge is 2.20. The van der Waals surface area contributed by atoms with Crippen molar-refractivity contribution in [2.45, 2.75) is 37.1 Å². The molecule has 0 aromatic heterocycles. The number of hydrogen-bond donors (Lipinski definition) is 1. The molecule has 0 amide bonds. The highest BCUT2D eigenvalue weighted by molar-refractivity contribution is 7.89. The fraction of sp³-hybridized carbons (Fsp3) is 0.533. The largest absolute Gasteiger partial charge is 0.299 e. The summed E-state index contributed by atoms with van der Waals surface area (Å²) in [4.78, 5) is 2.53. The molecule has 21 heavy (non-hydrogen) atoms. The molecule has 1 fully saturated rings. The van der Waals surface area contributed by atoms with Crippen LogP contribution in [0.15, 0.2) is 29.2 Å². The summed E-state index contributed by atoms with van der Waals surface area (Å²) >= 11 is 0. The molecule has 114 valence electrons. The van der Waals surface area contributed by atoms with E-state index in [1.807, 2.05) is 13.0 Å². The van der Waals surface area contributed by atoms with E-state index in [-0.39, 0.29) is 10.9 Å². The summed E-state index contributed by atoms with van der Waals surface area (Å²) in [7, 11) is -3.51. The molecule has 1 saturated heterocycles. The third-order valence-electron chi connectivity index (χ3n) is 3.88. The first-order valence-corrected chi connectivity index (χ1v) is 8.75. The molecule has 1 aromatic rings. The number of nitriles is 1. The maximum atomic E-state index is 12.2. The number of nitrogens with one attached hydrogen (secondary N) is 1. The van der Waals surface area contributed by atoms with E-state index in [0.717, 1.165) is 13.1 Å². The summed E-state index contributed by atoms with van der Waals surface area (Å²) in [6.45, 7) is 4.54. The molecule has 1 atom stereocenters. The van der Waals surface area contributed by atoms with Crippen molar-refractivity contribution in [2.75, 3.05) is 19.6 Å². The Morgan fingerprint density at radius 3 is 2.43 bits per heavy atom. The van der Waals surface area contributed by atoms with Gasteiger partial charge in [0, 0.05) is 12.6 Å². The Bertz CT molecular complexity index is 599. The minimum absolute atomic E-state index is 0.193. The van der Waals surface area contributed by atoms with Crippen molar-refractivity contribution < 1.29 is 8.42 Å². The monoisotopic (exact) mass is 307 g/mol. The van der Waals surface area contributed by atoms with Gasteiger partial charge >= 0.3 is 0 Å². The number of benzene rings is 1. The lowest BCUT2D eigenvalue weighted by Crippen LogP contribution is -2.44. The van der Waals surface area contributed by atoms with Crippen LogP contribution in [0, 0.1) is 11.3 Å². The Balaban J connectivity index is 1.95. The van der Waals surface area contributed by atoms with Gasteiger partial charge in [0.2, 0.25) is 10.0 Å². The average molecular weight is 307 g/mol. The number of nitrogens with zero attached hydrogens (tertiary/aromatic N) is 2. The van der Waals surface area contributed by atoms with Gasteiger partial charge in [0.1, 0.15) is 0 Å². The quantitative estimate of drug-likeness (QED) is 0.899. The van der Waals surface area contributed by atoms with Crippen LogP contribution in [0.1, 0.15) is 31.7 Å². The molecule has 0 radical (unpaired) electrons. The molecule has 1 aliphatic rings. The van der Waals surface area contributed by atoms with Gasteiger partial charge in [0.15, 0.2) is 0 Å². The minimum atomic E-state index is -3.51. The summed E-state index contributed by atoms with van der Waals surface area (Å²) in [5, 5.41) is 8.73. The normalized spacial score (nSPS) is 18.1. The lowest BCUT2D eigenvalue weighted by molar-refractivity contribution is 0.175. The van der Waals surface area contributed by atoms with Crippen LogP contribution in [0.2, 0.25) is 0 Å². The average Bonchev–Trinajstić information content (AvgIpc) is 2.53. The van der Waals surface area contributed by atoms with Crippen LogP contribution in [0.5, 0.6) is 0 Å². The topological polar surface area (TPSA) is 73.2 Å². The van der Waals surface area contributed by atoms with Crippen LogP contribution < -0.4 is 4.72 Å². The Hall–Kier alpha value is -1.42. The Labute approximate surface area is 126 Å². The Morgan fingerprint density at radius 1 is 1.24 bits per heavy atom. The van der Waals surface area contributed by atoms with E-state index in [9.17, 15) is 8.42 Å². The molecule has 0 aliphatic carbocycles. The summed E-state index contributed by atoms with van der Waals surface area (Å²) in [6, 6.07) is 8.13. The summed E-state index contributed by atoms with van der Waals surface area (Å²) < 4.78 is 27.1. The molecule has 1 unspecified atom stereocenters. The highest BCUT2D eigenvalue weighted by Crippen LogP contribution is 2.13. The van der Waals surface area contributed by atoms with Crippen LogP contribution in [0.3, 0.4) is 0 Å². The van der Waals surface area contributed by atoms with Gasteiger partial charge in [-0.3, -0.25) is 4.90 Å². The molecule has 0 spiro atoms. The third-order valence-corrected chi connectivity index (χ3v) is 5.32. The number of rotatable bonds is 5. The molecule has 1 N–H and O–H groups in total. The zero-order valence-corrected chi connectivity index (χ0v) is 13.1. The first-order chi connectivity index (χ1) is 10.0. The maximum absolute atomic E-state index is 12.2. The molecule has 0 saturated carbocycles. The maximum Gasteiger partial charge on any atom is 0.240 e. The number of piperidine rings is 1. The number of hydrogen-bond acceptors (Lipinski definition) is 4. The van der Waals surface area contributed by atoms with Crippen molar-refractivity contribution in [2.24, 2.45) is 0 Å². The first-order valence-electron chi connectivity index (χ1n) is 7.27. The van der Waals surface area contributed by atoms with Crippen molar-refractivity contribution in [3.8, 4) is 6.07 Å². The molecule has 2 rings (SSSR count). The summed E-state index contributed by atoms with van der Waals surface area (Å²) in [5.74, 6) is 0. The smallest absolute Gasteiger partial charge is 0.240 e. The molecule has 1 heterocycles. The summed E-state index contributed by atoms with van der Waals surface area (Å²) in [6.07, 6.45) is 3.64. The second-order valence-electron chi connectivity index (χ2n) is 5.43. The molecule has 6 heteroatoms. The van der Waals surface area contributed by atoms with Gasteiger partial charge < -0.3 is 0 Å². The fourth-order valence-electron chi connectivity index (χ4n) is 2.51. The first kappa shape index (κ1) is 16.0. The van der Waals surface area contributed by atoms with Crippen molar-refractivity contribution in [3.63, 3.8) is 0 Å². The van der Waals surface area contributed by atoms with Crippen LogP contribution >= 0.6 is 0 Å². The second-order valence-corrected chi connectivity index (χ2v) is 7.20. The SMILES string of the molecule is CC(CNS(=O)(=O)c1ccc(C#N)cc1)N1CCCCC1. The van der Waals surface area contributed by atoms with Crippen molar-refractivity contribution in [1.29, 1.82) is 5.26 Å². The highest BCUT2D eigenvalue weighted by atomic mass is 32.2. The van der Waals surface area contributed by atoms with Gasteiger partial charge in [-0.25, -0.2) is 13.1 Å². The molecule has 1 aliphatic heterocycles. The minimum Gasteiger partial charge on any atom is -0.299 e. The standard InChI is InChI=1S/C15H21N3O2S/c1-13(18-9-3-2-4-10-18)12-17-21(19,20)15-7-5-14(11-16)6-8-15/h5-8,13,17H,2-4,9-10,12H2,1H3. The Morgan fingerprint density at radius 2 is 1.86 bits per heavy atom. The molecular formula is C15H21N3O2S. The van der Waals surface area contributed by atoms with E-state index in [4.69, 9.17) is 5.26 Å². The van der Waals surface area contributed by atoms with Crippen molar-refractivity contribution in [1.82, 2.24) is 9.62 Å². The van der Waals surface area contributed by atoms with Gasteiger partial charge in [0.25, 0.3) is 0 Å². The van der Waals surface area contributed by atoms with Gasteiger partial charge in [-0.2, -0.15) is 5.26 Å². The van der Waals surface area contributed by atoms with E-state index >= 15 is 0 Å².